The summed E-state index contributed by atoms with van der Waals surface area (Å²) in [5, 5.41) is 6.21. The van der Waals surface area contributed by atoms with Gasteiger partial charge in [0.15, 0.2) is 11.5 Å². The van der Waals surface area contributed by atoms with Crippen LogP contribution >= 0.6 is 11.6 Å². The monoisotopic (exact) mass is 384 g/mol. The van der Waals surface area contributed by atoms with Gasteiger partial charge < -0.3 is 9.47 Å². The Labute approximate surface area is 163 Å². The largest absolute Gasteiger partial charge is 0.493 e. The maximum atomic E-state index is 12.8. The predicted molar refractivity (Wildman–Crippen MR) is 109 cm³/mol. The van der Waals surface area contributed by atoms with Gasteiger partial charge in [0.25, 0.3) is 5.91 Å². The van der Waals surface area contributed by atoms with Crippen molar-refractivity contribution < 1.29 is 14.3 Å². The van der Waals surface area contributed by atoms with Crippen molar-refractivity contribution in [2.45, 2.75) is 26.9 Å². The zero-order valence-electron chi connectivity index (χ0n) is 15.7. The van der Waals surface area contributed by atoms with Crippen LogP contribution in [0, 0.1) is 0 Å². The number of ether oxygens (including phenoxy) is 2. The number of benzene rings is 2. The number of methoxy groups -OCH3 is 1. The molecular weight excluding hydrogens is 364 g/mol. The van der Waals surface area contributed by atoms with Gasteiger partial charge >= 0.3 is 0 Å². The molecule has 3 rings (SSSR count). The van der Waals surface area contributed by atoms with Crippen molar-refractivity contribution in [3.8, 4) is 11.5 Å². The van der Waals surface area contributed by atoms with Crippen LogP contribution in [0.2, 0.25) is 5.02 Å². The molecular formula is C21H21ClN2O3. The molecule has 27 heavy (non-hydrogen) atoms. The fourth-order valence-corrected chi connectivity index (χ4v) is 3.03. The van der Waals surface area contributed by atoms with Crippen LogP contribution in [0.1, 0.15) is 26.3 Å². The molecule has 1 amide bonds. The smallest absolute Gasteiger partial charge is 0.280 e. The normalized spacial score (nSPS) is 15.5. The van der Waals surface area contributed by atoms with E-state index in [0.717, 1.165) is 11.3 Å². The summed E-state index contributed by atoms with van der Waals surface area (Å²) in [5.74, 6) is 0.824. The zero-order valence-corrected chi connectivity index (χ0v) is 16.4. The first kappa shape index (κ1) is 19.0. The Morgan fingerprint density at radius 1 is 1.19 bits per heavy atom. The van der Waals surface area contributed by atoms with E-state index in [1.807, 2.05) is 51.1 Å². The number of carbonyl (C=O) groups excluding carboxylic acids is 1. The van der Waals surface area contributed by atoms with Crippen molar-refractivity contribution in [3.05, 3.63) is 58.6 Å². The molecule has 0 fully saturated rings. The third-order valence-electron chi connectivity index (χ3n) is 3.98. The second-order valence-electron chi connectivity index (χ2n) is 6.40. The van der Waals surface area contributed by atoms with E-state index < -0.39 is 0 Å². The van der Waals surface area contributed by atoms with Gasteiger partial charge in [0.1, 0.15) is 0 Å². The SMILES string of the molecule is COc1cc(/C=C2\C(=O)N(c3ccccc3)N=C2C)cc(Cl)c1OC(C)C. The summed E-state index contributed by atoms with van der Waals surface area (Å²) in [6.07, 6.45) is 1.73. The quantitative estimate of drug-likeness (QED) is 0.686. The number of amides is 1. The van der Waals surface area contributed by atoms with E-state index in [1.165, 1.54) is 5.01 Å². The molecule has 2 aromatic carbocycles. The first-order valence-corrected chi connectivity index (χ1v) is 8.99. The average Bonchev–Trinajstić information content (AvgIpc) is 2.92. The van der Waals surface area contributed by atoms with E-state index in [0.29, 0.717) is 27.8 Å². The first-order valence-electron chi connectivity index (χ1n) is 8.61. The lowest BCUT2D eigenvalue weighted by Gasteiger charge is -2.16. The van der Waals surface area contributed by atoms with Crippen molar-refractivity contribution in [2.75, 3.05) is 12.1 Å². The van der Waals surface area contributed by atoms with Gasteiger partial charge in [0.2, 0.25) is 0 Å². The van der Waals surface area contributed by atoms with Gasteiger partial charge in [-0.05, 0) is 56.7 Å². The Bertz CT molecular complexity index is 921. The zero-order chi connectivity index (χ0) is 19.6. The highest BCUT2D eigenvalue weighted by Crippen LogP contribution is 2.38. The topological polar surface area (TPSA) is 51.1 Å². The number of para-hydroxylation sites is 1. The van der Waals surface area contributed by atoms with Gasteiger partial charge in [-0.1, -0.05) is 29.8 Å². The maximum Gasteiger partial charge on any atom is 0.280 e. The van der Waals surface area contributed by atoms with Crippen molar-refractivity contribution in [3.63, 3.8) is 0 Å². The molecule has 2 aromatic rings. The molecule has 5 nitrogen and oxygen atoms in total. The standard InChI is InChI=1S/C21H21ClN2O3/c1-13(2)27-20-18(22)11-15(12-19(20)26-4)10-17-14(3)23-24(21(17)25)16-8-6-5-7-9-16/h5-13H,1-4H3/b17-10-. The molecule has 0 saturated heterocycles. The van der Waals surface area contributed by atoms with Crippen LogP contribution in [0.3, 0.4) is 0 Å². The molecule has 0 spiro atoms. The summed E-state index contributed by atoms with van der Waals surface area (Å²) >= 11 is 6.38. The molecule has 0 unspecified atom stereocenters. The van der Waals surface area contributed by atoms with Crippen LogP contribution in [0.25, 0.3) is 6.08 Å². The van der Waals surface area contributed by atoms with Crippen LogP contribution in [0.5, 0.6) is 11.5 Å². The molecule has 1 heterocycles. The molecule has 1 aliphatic heterocycles. The third-order valence-corrected chi connectivity index (χ3v) is 4.26. The minimum Gasteiger partial charge on any atom is -0.493 e. The lowest BCUT2D eigenvalue weighted by Crippen LogP contribution is -2.21. The third kappa shape index (κ3) is 3.98. The lowest BCUT2D eigenvalue weighted by molar-refractivity contribution is -0.114. The first-order chi connectivity index (χ1) is 12.9. The Morgan fingerprint density at radius 2 is 1.89 bits per heavy atom. The lowest BCUT2D eigenvalue weighted by atomic mass is 10.1. The van der Waals surface area contributed by atoms with E-state index in [2.05, 4.69) is 5.10 Å². The Hall–Kier alpha value is -2.79. The highest BCUT2D eigenvalue weighted by molar-refractivity contribution is 6.33. The minimum absolute atomic E-state index is 0.0363. The Morgan fingerprint density at radius 3 is 2.52 bits per heavy atom. The number of carbonyl (C=O) groups is 1. The van der Waals surface area contributed by atoms with Crippen LogP contribution in [0.4, 0.5) is 5.69 Å². The van der Waals surface area contributed by atoms with Crippen LogP contribution < -0.4 is 14.5 Å². The highest BCUT2D eigenvalue weighted by atomic mass is 35.5. The molecule has 0 aliphatic carbocycles. The molecule has 6 heteroatoms. The van der Waals surface area contributed by atoms with E-state index in [9.17, 15) is 4.79 Å². The molecule has 0 saturated carbocycles. The van der Waals surface area contributed by atoms with E-state index in [4.69, 9.17) is 21.1 Å². The van der Waals surface area contributed by atoms with Gasteiger partial charge in [-0.2, -0.15) is 10.1 Å². The number of hydrazone groups is 1. The maximum absolute atomic E-state index is 12.8. The Balaban J connectivity index is 1.96. The minimum atomic E-state index is -0.184. The summed E-state index contributed by atoms with van der Waals surface area (Å²) in [6.45, 7) is 5.64. The average molecular weight is 385 g/mol. The van der Waals surface area contributed by atoms with Gasteiger partial charge in [-0.25, -0.2) is 0 Å². The van der Waals surface area contributed by atoms with Gasteiger partial charge in [0.05, 0.1) is 35.2 Å². The number of anilines is 1. The van der Waals surface area contributed by atoms with Crippen molar-refractivity contribution >= 4 is 35.0 Å². The van der Waals surface area contributed by atoms with E-state index in [1.54, 1.807) is 25.3 Å². The number of hydrogen-bond acceptors (Lipinski definition) is 4. The molecule has 0 aromatic heterocycles. The molecule has 1 aliphatic rings. The van der Waals surface area contributed by atoms with E-state index >= 15 is 0 Å². The van der Waals surface area contributed by atoms with Crippen molar-refractivity contribution in [2.24, 2.45) is 5.10 Å². The number of rotatable bonds is 5. The molecule has 0 bridgehead atoms. The fourth-order valence-electron chi connectivity index (χ4n) is 2.77. The second kappa shape index (κ2) is 7.84. The second-order valence-corrected chi connectivity index (χ2v) is 6.80. The van der Waals surface area contributed by atoms with Crippen LogP contribution in [-0.2, 0) is 4.79 Å². The van der Waals surface area contributed by atoms with Gasteiger partial charge in [-0.15, -0.1) is 0 Å². The van der Waals surface area contributed by atoms with Crippen LogP contribution in [0.15, 0.2) is 53.1 Å². The van der Waals surface area contributed by atoms with Gasteiger partial charge in [0, 0.05) is 0 Å². The number of nitrogens with zero attached hydrogens (tertiary/aromatic N) is 2. The molecule has 0 N–H and O–H groups in total. The number of halogens is 1. The fraction of sp³-hybridized carbons (Fsp3) is 0.238. The molecule has 0 atom stereocenters. The summed E-state index contributed by atoms with van der Waals surface area (Å²) < 4.78 is 11.1. The molecule has 0 radical (unpaired) electrons. The summed E-state index contributed by atoms with van der Waals surface area (Å²) in [6, 6.07) is 12.9. The van der Waals surface area contributed by atoms with Gasteiger partial charge in [-0.3, -0.25) is 4.79 Å². The van der Waals surface area contributed by atoms with Crippen LogP contribution in [-0.4, -0.2) is 24.8 Å². The predicted octanol–water partition coefficient (Wildman–Crippen LogP) is 4.94. The van der Waals surface area contributed by atoms with Crippen molar-refractivity contribution in [1.29, 1.82) is 0 Å². The highest BCUT2D eigenvalue weighted by Gasteiger charge is 2.28. The number of hydrogen-bond donors (Lipinski definition) is 0. The van der Waals surface area contributed by atoms with E-state index in [-0.39, 0.29) is 12.0 Å². The summed E-state index contributed by atoms with van der Waals surface area (Å²) in [5.41, 5.74) is 2.61. The Kier molecular flexibility index (Phi) is 5.51. The molecule has 140 valence electrons. The summed E-state index contributed by atoms with van der Waals surface area (Å²) in [4.78, 5) is 12.8. The summed E-state index contributed by atoms with van der Waals surface area (Å²) in [7, 11) is 1.56. The van der Waals surface area contributed by atoms with Crippen molar-refractivity contribution in [1.82, 2.24) is 0 Å².